The Morgan fingerprint density at radius 3 is 2.45 bits per heavy atom. The molecule has 1 amide bonds. The van der Waals surface area contributed by atoms with Crippen molar-refractivity contribution in [3.63, 3.8) is 0 Å². The van der Waals surface area contributed by atoms with Gasteiger partial charge in [0.1, 0.15) is 11.5 Å². The van der Waals surface area contributed by atoms with Gasteiger partial charge in [-0.15, -0.1) is 0 Å². The van der Waals surface area contributed by atoms with E-state index in [2.05, 4.69) is 20.1 Å². The van der Waals surface area contributed by atoms with Crippen LogP contribution in [-0.2, 0) is 15.7 Å². The van der Waals surface area contributed by atoms with Gasteiger partial charge in [0, 0.05) is 57.9 Å². The van der Waals surface area contributed by atoms with Gasteiger partial charge in [-0.25, -0.2) is 4.98 Å². The molecule has 2 saturated heterocycles. The number of carbonyl (C=O) groups excluding carboxylic acids is 1. The SMILES string of the molecule is CC(C)(O)CN1CCN(C2(CCCC(=O)Nc3cccc(C(F)(F)F)n3)CCOCC2)CC1. The first-order chi connectivity index (χ1) is 15.5. The van der Waals surface area contributed by atoms with E-state index in [-0.39, 0.29) is 23.7 Å². The Morgan fingerprint density at radius 1 is 1.18 bits per heavy atom. The quantitative estimate of drug-likeness (QED) is 0.605. The van der Waals surface area contributed by atoms with Crippen LogP contribution in [0.15, 0.2) is 18.2 Å². The second-order valence-electron chi connectivity index (χ2n) is 9.72. The second-order valence-corrected chi connectivity index (χ2v) is 9.72. The average Bonchev–Trinajstić information content (AvgIpc) is 2.73. The van der Waals surface area contributed by atoms with Crippen LogP contribution in [0.4, 0.5) is 19.0 Å². The molecule has 0 spiro atoms. The first-order valence-corrected chi connectivity index (χ1v) is 11.6. The Labute approximate surface area is 193 Å². The standard InChI is InChI=1S/C23H35F3N4O3/c1-21(2,32)17-29-11-13-30(14-12-29)22(9-15-33-16-10-22)8-4-7-20(31)28-19-6-3-5-18(27-19)23(24,25)26/h3,5-6,32H,4,7-17H2,1-2H3,(H,27,28,31). The van der Waals surface area contributed by atoms with Crippen LogP contribution in [0.25, 0.3) is 0 Å². The topological polar surface area (TPSA) is 77.9 Å². The third-order valence-corrected chi connectivity index (χ3v) is 6.43. The molecule has 0 aliphatic carbocycles. The number of amides is 1. The molecule has 0 bridgehead atoms. The van der Waals surface area contributed by atoms with Gasteiger partial charge in [0.05, 0.1) is 5.60 Å². The van der Waals surface area contributed by atoms with Crippen LogP contribution in [0.1, 0.15) is 51.6 Å². The largest absolute Gasteiger partial charge is 0.433 e. The van der Waals surface area contributed by atoms with E-state index in [0.29, 0.717) is 26.2 Å². The van der Waals surface area contributed by atoms with Gasteiger partial charge in [0.25, 0.3) is 0 Å². The summed E-state index contributed by atoms with van der Waals surface area (Å²) < 4.78 is 44.1. The van der Waals surface area contributed by atoms with E-state index < -0.39 is 17.5 Å². The molecule has 2 N–H and O–H groups in total. The maximum absolute atomic E-state index is 12.8. The number of nitrogens with zero attached hydrogens (tertiary/aromatic N) is 3. The number of aliphatic hydroxyl groups is 1. The van der Waals surface area contributed by atoms with Crippen LogP contribution in [0.3, 0.4) is 0 Å². The zero-order valence-electron chi connectivity index (χ0n) is 19.5. The third kappa shape index (κ3) is 7.63. The molecule has 3 rings (SSSR count). The molecular formula is C23H35F3N4O3. The summed E-state index contributed by atoms with van der Waals surface area (Å²) in [5, 5.41) is 12.6. The molecular weight excluding hydrogens is 437 g/mol. The van der Waals surface area contributed by atoms with Crippen LogP contribution < -0.4 is 5.32 Å². The van der Waals surface area contributed by atoms with Crippen LogP contribution in [0, 0.1) is 0 Å². The molecule has 0 aromatic carbocycles. The lowest BCUT2D eigenvalue weighted by Gasteiger charge is -2.50. The third-order valence-electron chi connectivity index (χ3n) is 6.43. The van der Waals surface area contributed by atoms with Gasteiger partial charge in [-0.1, -0.05) is 6.07 Å². The lowest BCUT2D eigenvalue weighted by Crippen LogP contribution is -2.60. The zero-order valence-corrected chi connectivity index (χ0v) is 19.5. The van der Waals surface area contributed by atoms with E-state index in [1.54, 1.807) is 0 Å². The Kier molecular flexibility index (Phi) is 8.36. The number of aromatic nitrogens is 1. The highest BCUT2D eigenvalue weighted by Crippen LogP contribution is 2.34. The normalized spacial score (nSPS) is 20.5. The molecule has 3 heterocycles. The number of hydrogen-bond acceptors (Lipinski definition) is 6. The second kappa shape index (κ2) is 10.7. The highest BCUT2D eigenvalue weighted by Gasteiger charge is 2.39. The molecule has 2 aliphatic heterocycles. The predicted molar refractivity (Wildman–Crippen MR) is 119 cm³/mol. The number of nitrogens with one attached hydrogen (secondary N) is 1. The van der Waals surface area contributed by atoms with Gasteiger partial charge >= 0.3 is 6.18 Å². The van der Waals surface area contributed by atoms with Crippen molar-refractivity contribution in [2.75, 3.05) is 51.3 Å². The van der Waals surface area contributed by atoms with Crippen LogP contribution >= 0.6 is 0 Å². The van der Waals surface area contributed by atoms with Crippen molar-refractivity contribution < 1.29 is 27.8 Å². The highest BCUT2D eigenvalue weighted by molar-refractivity contribution is 5.89. The van der Waals surface area contributed by atoms with Gasteiger partial charge in [-0.2, -0.15) is 13.2 Å². The molecule has 0 saturated carbocycles. The Balaban J connectivity index is 1.52. The first kappa shape index (κ1) is 25.9. The summed E-state index contributed by atoms with van der Waals surface area (Å²) in [5.74, 6) is -0.419. The monoisotopic (exact) mass is 472 g/mol. The van der Waals surface area contributed by atoms with E-state index >= 15 is 0 Å². The minimum atomic E-state index is -4.55. The van der Waals surface area contributed by atoms with Crippen molar-refractivity contribution in [3.8, 4) is 0 Å². The van der Waals surface area contributed by atoms with Gasteiger partial charge in [-0.3, -0.25) is 14.6 Å². The van der Waals surface area contributed by atoms with Crippen molar-refractivity contribution in [2.24, 2.45) is 0 Å². The number of piperazine rings is 1. The summed E-state index contributed by atoms with van der Waals surface area (Å²) in [7, 11) is 0. The number of anilines is 1. The minimum Gasteiger partial charge on any atom is -0.389 e. The molecule has 1 aromatic rings. The van der Waals surface area contributed by atoms with Gasteiger partial charge in [-0.05, 0) is 51.7 Å². The number of β-amino-alcohol motifs (C(OH)–C–C–N with tert-alkyl or cyclic N) is 1. The Hall–Kier alpha value is -1.75. The summed E-state index contributed by atoms with van der Waals surface area (Å²) >= 11 is 0. The maximum Gasteiger partial charge on any atom is 0.433 e. The number of hydrogen-bond donors (Lipinski definition) is 2. The fourth-order valence-corrected chi connectivity index (χ4v) is 4.85. The van der Waals surface area contributed by atoms with Crippen LogP contribution in [0.2, 0.25) is 0 Å². The van der Waals surface area contributed by atoms with Crippen LogP contribution in [-0.4, -0.2) is 82.9 Å². The van der Waals surface area contributed by atoms with E-state index in [1.165, 1.54) is 12.1 Å². The molecule has 10 heteroatoms. The summed E-state index contributed by atoms with van der Waals surface area (Å²) in [6.07, 6.45) is -1.07. The molecule has 0 unspecified atom stereocenters. The molecule has 2 aliphatic rings. The van der Waals surface area contributed by atoms with E-state index in [1.807, 2.05) is 13.8 Å². The molecule has 1 aromatic heterocycles. The number of alkyl halides is 3. The van der Waals surface area contributed by atoms with E-state index in [9.17, 15) is 23.1 Å². The lowest BCUT2D eigenvalue weighted by atomic mass is 9.82. The number of carbonyl (C=O) groups is 1. The smallest absolute Gasteiger partial charge is 0.389 e. The fraction of sp³-hybridized carbons (Fsp3) is 0.739. The van der Waals surface area contributed by atoms with Crippen molar-refractivity contribution in [1.29, 1.82) is 0 Å². The minimum absolute atomic E-state index is 0.0339. The van der Waals surface area contributed by atoms with Crippen molar-refractivity contribution >= 4 is 11.7 Å². The number of ether oxygens (including phenoxy) is 1. The number of rotatable bonds is 8. The fourth-order valence-electron chi connectivity index (χ4n) is 4.85. The first-order valence-electron chi connectivity index (χ1n) is 11.6. The summed E-state index contributed by atoms with van der Waals surface area (Å²) in [4.78, 5) is 20.6. The summed E-state index contributed by atoms with van der Waals surface area (Å²) in [6.45, 7) is 9.21. The Morgan fingerprint density at radius 2 is 1.85 bits per heavy atom. The van der Waals surface area contributed by atoms with Gasteiger partial charge in [0.2, 0.25) is 5.91 Å². The molecule has 186 valence electrons. The van der Waals surface area contributed by atoms with E-state index in [0.717, 1.165) is 51.5 Å². The Bertz CT molecular complexity index is 784. The summed E-state index contributed by atoms with van der Waals surface area (Å²) in [5.41, 5.74) is -1.78. The highest BCUT2D eigenvalue weighted by atomic mass is 19.4. The van der Waals surface area contributed by atoms with Crippen LogP contribution in [0.5, 0.6) is 0 Å². The predicted octanol–water partition coefficient (Wildman–Crippen LogP) is 3.15. The molecule has 0 atom stereocenters. The van der Waals surface area contributed by atoms with Gasteiger partial charge < -0.3 is 15.2 Å². The lowest BCUT2D eigenvalue weighted by molar-refractivity contribution is -0.141. The zero-order chi connectivity index (χ0) is 24.1. The molecule has 2 fully saturated rings. The van der Waals surface area contributed by atoms with E-state index in [4.69, 9.17) is 4.74 Å². The maximum atomic E-state index is 12.8. The molecule has 7 nitrogen and oxygen atoms in total. The van der Waals surface area contributed by atoms with Crippen molar-refractivity contribution in [1.82, 2.24) is 14.8 Å². The number of pyridine rings is 1. The average molecular weight is 473 g/mol. The van der Waals surface area contributed by atoms with Crippen molar-refractivity contribution in [2.45, 2.75) is 63.3 Å². The molecule has 0 radical (unpaired) electrons. The molecule has 33 heavy (non-hydrogen) atoms. The summed E-state index contributed by atoms with van der Waals surface area (Å²) in [6, 6.07) is 3.48. The van der Waals surface area contributed by atoms with Gasteiger partial charge in [0.15, 0.2) is 0 Å². The number of halogens is 3. The van der Waals surface area contributed by atoms with Crippen molar-refractivity contribution in [3.05, 3.63) is 23.9 Å².